The Balaban J connectivity index is 2.85. The van der Waals surface area contributed by atoms with Crippen molar-refractivity contribution in [3.8, 4) is 11.8 Å². The number of aromatic amines is 1. The molecular weight excluding hydrogens is 210 g/mol. The van der Waals surface area contributed by atoms with Gasteiger partial charge in [0.05, 0.1) is 13.1 Å². The molecule has 1 rings (SSSR count). The maximum atomic E-state index is 11.3. The standard InChI is InChI=1S/C9H9N5O2/c1-7-6-14(9(16)12-8(7)15)5-3-2-4-11-13-10/h6H,4-5H2,1H3,(H,12,15,16). The molecule has 16 heavy (non-hydrogen) atoms. The summed E-state index contributed by atoms with van der Waals surface area (Å²) in [4.78, 5) is 27.0. The predicted molar refractivity (Wildman–Crippen MR) is 57.8 cm³/mol. The van der Waals surface area contributed by atoms with Crippen LogP contribution in [0, 0.1) is 18.8 Å². The molecule has 1 aromatic heterocycles. The monoisotopic (exact) mass is 219 g/mol. The average molecular weight is 219 g/mol. The zero-order valence-corrected chi connectivity index (χ0v) is 8.60. The highest BCUT2D eigenvalue weighted by Gasteiger charge is 1.97. The van der Waals surface area contributed by atoms with Crippen molar-refractivity contribution >= 4 is 0 Å². The van der Waals surface area contributed by atoms with E-state index in [1.165, 1.54) is 10.8 Å². The van der Waals surface area contributed by atoms with Crippen molar-refractivity contribution in [1.82, 2.24) is 9.55 Å². The lowest BCUT2D eigenvalue weighted by molar-refractivity contribution is 0.741. The van der Waals surface area contributed by atoms with Gasteiger partial charge in [-0.2, -0.15) is 0 Å². The van der Waals surface area contributed by atoms with Crippen molar-refractivity contribution in [3.05, 3.63) is 43.0 Å². The molecule has 0 saturated carbocycles. The van der Waals surface area contributed by atoms with Gasteiger partial charge in [-0.25, -0.2) is 4.79 Å². The van der Waals surface area contributed by atoms with Crippen LogP contribution in [0.15, 0.2) is 20.9 Å². The van der Waals surface area contributed by atoms with E-state index in [4.69, 9.17) is 5.53 Å². The Bertz CT molecular complexity index is 595. The molecule has 0 fully saturated rings. The minimum absolute atomic E-state index is 0.0631. The molecule has 0 aliphatic rings. The van der Waals surface area contributed by atoms with Gasteiger partial charge in [0.1, 0.15) is 0 Å². The highest BCUT2D eigenvalue weighted by molar-refractivity contribution is 5.05. The fraction of sp³-hybridized carbons (Fsp3) is 0.333. The lowest BCUT2D eigenvalue weighted by Gasteiger charge is -1.99. The van der Waals surface area contributed by atoms with Crippen molar-refractivity contribution in [3.63, 3.8) is 0 Å². The minimum atomic E-state index is -0.506. The third-order valence-corrected chi connectivity index (χ3v) is 1.78. The molecule has 0 spiro atoms. The molecule has 0 aliphatic carbocycles. The van der Waals surface area contributed by atoms with Crippen LogP contribution in [0.3, 0.4) is 0 Å². The first-order valence-corrected chi connectivity index (χ1v) is 4.42. The van der Waals surface area contributed by atoms with Gasteiger partial charge in [-0.1, -0.05) is 17.0 Å². The second kappa shape index (κ2) is 5.44. The lowest BCUT2D eigenvalue weighted by atomic mass is 10.4. The van der Waals surface area contributed by atoms with Gasteiger partial charge in [-0.15, -0.1) is 0 Å². The molecule has 1 N–H and O–H groups in total. The van der Waals surface area contributed by atoms with E-state index in [1.54, 1.807) is 6.92 Å². The summed E-state index contributed by atoms with van der Waals surface area (Å²) in [5.74, 6) is 5.22. The van der Waals surface area contributed by atoms with Crippen molar-refractivity contribution in [2.45, 2.75) is 13.5 Å². The smallest absolute Gasteiger partial charge is 0.289 e. The van der Waals surface area contributed by atoms with Crippen molar-refractivity contribution in [2.75, 3.05) is 6.54 Å². The minimum Gasteiger partial charge on any atom is -0.289 e. The molecule has 0 saturated heterocycles. The quantitative estimate of drug-likeness (QED) is 0.331. The van der Waals surface area contributed by atoms with E-state index in [-0.39, 0.29) is 13.1 Å². The number of aromatic nitrogens is 2. The number of nitrogens with one attached hydrogen (secondary N) is 1. The average Bonchev–Trinajstić information content (AvgIpc) is 2.25. The molecule has 0 bridgehead atoms. The molecule has 7 nitrogen and oxygen atoms in total. The highest BCUT2D eigenvalue weighted by Crippen LogP contribution is 1.83. The maximum Gasteiger partial charge on any atom is 0.329 e. The Morgan fingerprint density at radius 1 is 1.56 bits per heavy atom. The van der Waals surface area contributed by atoms with Crippen molar-refractivity contribution in [2.24, 2.45) is 5.11 Å². The zero-order valence-electron chi connectivity index (χ0n) is 8.60. The maximum absolute atomic E-state index is 11.3. The third-order valence-electron chi connectivity index (χ3n) is 1.78. The molecule has 0 amide bonds. The Hall–Kier alpha value is -2.45. The first-order valence-electron chi connectivity index (χ1n) is 4.42. The summed E-state index contributed by atoms with van der Waals surface area (Å²) in [6, 6.07) is 0. The van der Waals surface area contributed by atoms with Crippen LogP contribution >= 0.6 is 0 Å². The Morgan fingerprint density at radius 2 is 2.31 bits per heavy atom. The van der Waals surface area contributed by atoms with E-state index in [2.05, 4.69) is 26.9 Å². The van der Waals surface area contributed by atoms with Gasteiger partial charge in [0.2, 0.25) is 0 Å². The molecule has 82 valence electrons. The predicted octanol–water partition coefficient (Wildman–Crippen LogP) is 0.159. The van der Waals surface area contributed by atoms with E-state index >= 15 is 0 Å². The largest absolute Gasteiger partial charge is 0.329 e. The van der Waals surface area contributed by atoms with Gasteiger partial charge in [0.15, 0.2) is 0 Å². The van der Waals surface area contributed by atoms with Gasteiger partial charge < -0.3 is 0 Å². The molecular formula is C9H9N5O2. The van der Waals surface area contributed by atoms with E-state index in [1.807, 2.05) is 0 Å². The summed E-state index contributed by atoms with van der Waals surface area (Å²) < 4.78 is 1.28. The number of rotatable bonds is 2. The van der Waals surface area contributed by atoms with Crippen LogP contribution in [0.2, 0.25) is 0 Å². The number of H-pyrrole nitrogens is 1. The van der Waals surface area contributed by atoms with Crippen LogP contribution in [0.25, 0.3) is 10.4 Å². The summed E-state index contributed by atoms with van der Waals surface area (Å²) in [5, 5.41) is 3.22. The number of hydrogen-bond acceptors (Lipinski definition) is 3. The molecule has 0 radical (unpaired) electrons. The molecule has 7 heteroatoms. The second-order valence-electron chi connectivity index (χ2n) is 2.94. The van der Waals surface area contributed by atoms with Crippen molar-refractivity contribution < 1.29 is 0 Å². The SMILES string of the molecule is Cc1cn(CC#CCN=[N+]=[N-])c(=O)[nH]c1=O. The van der Waals surface area contributed by atoms with E-state index in [0.29, 0.717) is 5.56 Å². The van der Waals surface area contributed by atoms with Gasteiger partial charge in [0.25, 0.3) is 5.56 Å². The second-order valence-corrected chi connectivity index (χ2v) is 2.94. The topological polar surface area (TPSA) is 104 Å². The van der Waals surface area contributed by atoms with Gasteiger partial charge in [-0.05, 0) is 12.5 Å². The van der Waals surface area contributed by atoms with Crippen LogP contribution in [0.1, 0.15) is 5.56 Å². The Kier molecular flexibility index (Phi) is 3.95. The fourth-order valence-corrected chi connectivity index (χ4v) is 1.000. The van der Waals surface area contributed by atoms with E-state index < -0.39 is 11.2 Å². The normalized spacial score (nSPS) is 8.81. The summed E-state index contributed by atoms with van der Waals surface area (Å²) in [6.07, 6.45) is 1.43. The Morgan fingerprint density at radius 3 is 3.00 bits per heavy atom. The van der Waals surface area contributed by atoms with Gasteiger partial charge in [-0.3, -0.25) is 14.3 Å². The van der Waals surface area contributed by atoms with Gasteiger partial charge in [0, 0.05) is 16.7 Å². The van der Waals surface area contributed by atoms with Crippen LogP contribution in [-0.2, 0) is 6.54 Å². The zero-order chi connectivity index (χ0) is 12.0. The summed E-state index contributed by atoms with van der Waals surface area (Å²) in [6.45, 7) is 1.81. The summed E-state index contributed by atoms with van der Waals surface area (Å²) >= 11 is 0. The van der Waals surface area contributed by atoms with Crippen LogP contribution in [0.4, 0.5) is 0 Å². The molecule has 0 aromatic carbocycles. The fourth-order valence-electron chi connectivity index (χ4n) is 1.000. The highest BCUT2D eigenvalue weighted by atomic mass is 16.2. The van der Waals surface area contributed by atoms with E-state index in [9.17, 15) is 9.59 Å². The number of azide groups is 1. The molecule has 0 aliphatic heterocycles. The number of hydrogen-bond donors (Lipinski definition) is 1. The molecule has 0 atom stereocenters. The molecule has 0 unspecified atom stereocenters. The number of aryl methyl sites for hydroxylation is 1. The first kappa shape index (κ1) is 11.6. The summed E-state index contributed by atoms with van der Waals surface area (Å²) in [5.41, 5.74) is 7.52. The van der Waals surface area contributed by atoms with Crippen molar-refractivity contribution in [1.29, 1.82) is 0 Å². The Labute approximate surface area is 90.4 Å². The number of nitrogens with zero attached hydrogens (tertiary/aromatic N) is 4. The van der Waals surface area contributed by atoms with Crippen LogP contribution in [-0.4, -0.2) is 16.1 Å². The van der Waals surface area contributed by atoms with Gasteiger partial charge >= 0.3 is 5.69 Å². The van der Waals surface area contributed by atoms with Crippen LogP contribution in [0.5, 0.6) is 0 Å². The molecule has 1 heterocycles. The van der Waals surface area contributed by atoms with E-state index in [0.717, 1.165) is 0 Å². The summed E-state index contributed by atoms with van der Waals surface area (Å²) in [7, 11) is 0. The molecule has 1 aromatic rings. The third kappa shape index (κ3) is 3.04. The van der Waals surface area contributed by atoms with Crippen LogP contribution < -0.4 is 11.2 Å². The lowest BCUT2D eigenvalue weighted by Crippen LogP contribution is -2.30. The first-order chi connectivity index (χ1) is 7.65.